The molecule has 0 atom stereocenters. The van der Waals surface area contributed by atoms with E-state index in [9.17, 15) is 13.3 Å². The lowest BCUT2D eigenvalue weighted by molar-refractivity contribution is -0.00804. The second-order valence-corrected chi connectivity index (χ2v) is 6.09. The van der Waals surface area contributed by atoms with Crippen LogP contribution in [0.25, 0.3) is 10.4 Å². The van der Waals surface area contributed by atoms with Crippen molar-refractivity contribution in [2.75, 3.05) is 46.2 Å². The number of azide groups is 1. The maximum absolute atomic E-state index is 13.9. The van der Waals surface area contributed by atoms with Crippen molar-refractivity contribution in [3.8, 4) is 0 Å². The predicted octanol–water partition coefficient (Wildman–Crippen LogP) is 3.58. The summed E-state index contributed by atoms with van der Waals surface area (Å²) >= 11 is 0. The number of ether oxygens (including phenoxy) is 2. The van der Waals surface area contributed by atoms with E-state index in [0.29, 0.717) is 0 Å². The van der Waals surface area contributed by atoms with Crippen molar-refractivity contribution < 1.29 is 31.9 Å². The van der Waals surface area contributed by atoms with Gasteiger partial charge in [-0.25, -0.2) is 0 Å². The van der Waals surface area contributed by atoms with Crippen LogP contribution < -0.4 is 0 Å². The lowest BCUT2D eigenvalue weighted by atomic mass is 10.5. The lowest BCUT2D eigenvalue weighted by Gasteiger charge is -2.25. The summed E-state index contributed by atoms with van der Waals surface area (Å²) in [6.45, 7) is 3.06. The molecule has 0 radical (unpaired) electrons. The standard InChI is InChI=1S/C11H22F2N3O5P/c1-3-20-22(17,21-4-2)11(12,13)5-7-18-9-10-19-8-6-15-16-14/h3-10H2,1-2H3. The Kier molecular flexibility index (Phi) is 11.4. The zero-order chi connectivity index (χ0) is 16.9. The number of rotatable bonds is 14. The van der Waals surface area contributed by atoms with Gasteiger partial charge in [0.1, 0.15) is 0 Å². The van der Waals surface area contributed by atoms with E-state index in [2.05, 4.69) is 19.1 Å². The smallest absolute Gasteiger partial charge is 0.379 e. The lowest BCUT2D eigenvalue weighted by Crippen LogP contribution is -2.23. The number of hydrogen-bond donors (Lipinski definition) is 0. The third kappa shape index (κ3) is 8.03. The Bertz CT molecular complexity index is 384. The fourth-order valence-electron chi connectivity index (χ4n) is 1.37. The zero-order valence-corrected chi connectivity index (χ0v) is 13.6. The molecule has 130 valence electrons. The highest BCUT2D eigenvalue weighted by Crippen LogP contribution is 2.63. The van der Waals surface area contributed by atoms with Crippen LogP contribution in [0.3, 0.4) is 0 Å². The van der Waals surface area contributed by atoms with Crippen molar-refractivity contribution in [2.24, 2.45) is 5.11 Å². The number of halogens is 2. The van der Waals surface area contributed by atoms with E-state index in [1.165, 1.54) is 13.8 Å². The van der Waals surface area contributed by atoms with Crippen LogP contribution in [0, 0.1) is 0 Å². The summed E-state index contributed by atoms with van der Waals surface area (Å²) in [6.07, 6.45) is -0.775. The number of alkyl halides is 2. The van der Waals surface area contributed by atoms with Gasteiger partial charge in [0.05, 0.1) is 39.6 Å². The summed E-state index contributed by atoms with van der Waals surface area (Å²) in [5.74, 6) is 0. The van der Waals surface area contributed by atoms with Crippen molar-refractivity contribution in [1.82, 2.24) is 0 Å². The molecule has 22 heavy (non-hydrogen) atoms. The van der Waals surface area contributed by atoms with Crippen molar-refractivity contribution >= 4 is 7.60 Å². The maximum atomic E-state index is 13.9. The van der Waals surface area contributed by atoms with Gasteiger partial charge in [-0.1, -0.05) is 5.11 Å². The Morgan fingerprint density at radius 1 is 1.09 bits per heavy atom. The van der Waals surface area contributed by atoms with Gasteiger partial charge in [0, 0.05) is 17.9 Å². The van der Waals surface area contributed by atoms with E-state index in [1.54, 1.807) is 0 Å². The van der Waals surface area contributed by atoms with E-state index in [4.69, 9.17) is 15.0 Å². The molecule has 0 N–H and O–H groups in total. The van der Waals surface area contributed by atoms with Crippen LogP contribution in [0.1, 0.15) is 20.3 Å². The number of nitrogens with zero attached hydrogens (tertiary/aromatic N) is 3. The second-order valence-electron chi connectivity index (χ2n) is 3.93. The molecule has 0 spiro atoms. The van der Waals surface area contributed by atoms with E-state index in [0.717, 1.165) is 0 Å². The summed E-state index contributed by atoms with van der Waals surface area (Å²) in [4.78, 5) is 2.54. The minimum atomic E-state index is -4.49. The molecule has 0 rings (SSSR count). The summed E-state index contributed by atoms with van der Waals surface area (Å²) < 4.78 is 59.0. The molecule has 0 heterocycles. The van der Waals surface area contributed by atoms with E-state index >= 15 is 0 Å². The second kappa shape index (κ2) is 11.8. The number of hydrogen-bond acceptors (Lipinski definition) is 6. The van der Waals surface area contributed by atoms with Gasteiger partial charge in [-0.15, -0.1) is 0 Å². The van der Waals surface area contributed by atoms with Gasteiger partial charge < -0.3 is 18.5 Å². The zero-order valence-electron chi connectivity index (χ0n) is 12.7. The van der Waals surface area contributed by atoms with E-state index in [1.807, 2.05) is 0 Å². The van der Waals surface area contributed by atoms with Gasteiger partial charge in [-0.3, -0.25) is 4.57 Å². The Morgan fingerprint density at radius 2 is 1.64 bits per heavy atom. The molecule has 0 aromatic rings. The molecule has 8 nitrogen and oxygen atoms in total. The molecule has 0 fully saturated rings. The highest BCUT2D eigenvalue weighted by Gasteiger charge is 2.52. The summed E-state index contributed by atoms with van der Waals surface area (Å²) in [6, 6.07) is 0. The Balaban J connectivity index is 4.00. The quantitative estimate of drug-likeness (QED) is 0.157. The first-order valence-electron chi connectivity index (χ1n) is 6.87. The Morgan fingerprint density at radius 3 is 2.14 bits per heavy atom. The molecule has 0 aliphatic carbocycles. The summed E-state index contributed by atoms with van der Waals surface area (Å²) in [7, 11) is -4.49. The van der Waals surface area contributed by atoms with Crippen LogP contribution in [0.15, 0.2) is 5.11 Å². The van der Waals surface area contributed by atoms with Crippen LogP contribution in [0.4, 0.5) is 8.78 Å². The fourth-order valence-corrected chi connectivity index (χ4v) is 2.87. The van der Waals surface area contributed by atoms with Crippen molar-refractivity contribution in [3.05, 3.63) is 10.4 Å². The molecular formula is C11H22F2N3O5P. The first-order chi connectivity index (χ1) is 10.4. The molecule has 0 aliphatic rings. The topological polar surface area (TPSA) is 103 Å². The molecule has 0 saturated carbocycles. The van der Waals surface area contributed by atoms with Crippen LogP contribution in [0.5, 0.6) is 0 Å². The normalized spacial score (nSPS) is 12.2. The molecule has 11 heteroatoms. The largest absolute Gasteiger partial charge is 0.399 e. The highest BCUT2D eigenvalue weighted by atomic mass is 31.2. The first kappa shape index (κ1) is 21.2. The monoisotopic (exact) mass is 345 g/mol. The van der Waals surface area contributed by atoms with E-state index in [-0.39, 0.29) is 46.2 Å². The highest BCUT2D eigenvalue weighted by molar-refractivity contribution is 7.55. The Hall–Kier alpha value is -0.760. The minimum absolute atomic E-state index is 0.0971. The predicted molar refractivity (Wildman–Crippen MR) is 76.1 cm³/mol. The molecule has 0 bridgehead atoms. The molecule has 0 saturated heterocycles. The SMILES string of the molecule is CCOP(=O)(OCC)C(F)(F)CCOCCOCCN=[N+]=[N-]. The van der Waals surface area contributed by atoms with Crippen LogP contribution >= 0.6 is 7.60 Å². The molecular weight excluding hydrogens is 323 g/mol. The van der Waals surface area contributed by atoms with Gasteiger partial charge in [0.15, 0.2) is 0 Å². The third-order valence-electron chi connectivity index (χ3n) is 2.32. The van der Waals surface area contributed by atoms with Gasteiger partial charge in [0.2, 0.25) is 0 Å². The van der Waals surface area contributed by atoms with Crippen molar-refractivity contribution in [2.45, 2.75) is 25.9 Å². The van der Waals surface area contributed by atoms with Gasteiger partial charge in [0.25, 0.3) is 0 Å². The summed E-state index contributed by atoms with van der Waals surface area (Å²) in [5, 5.41) is 3.26. The minimum Gasteiger partial charge on any atom is -0.379 e. The van der Waals surface area contributed by atoms with E-state index < -0.39 is 19.7 Å². The van der Waals surface area contributed by atoms with Gasteiger partial charge in [-0.2, -0.15) is 8.78 Å². The molecule has 0 aliphatic heterocycles. The van der Waals surface area contributed by atoms with Crippen LogP contribution in [-0.2, 0) is 23.1 Å². The third-order valence-corrected chi connectivity index (χ3v) is 4.54. The van der Waals surface area contributed by atoms with Crippen molar-refractivity contribution in [3.63, 3.8) is 0 Å². The van der Waals surface area contributed by atoms with Crippen LogP contribution in [-0.4, -0.2) is 51.8 Å². The Labute approximate surface area is 128 Å². The van der Waals surface area contributed by atoms with Gasteiger partial charge >= 0.3 is 13.3 Å². The summed E-state index contributed by atoms with van der Waals surface area (Å²) in [5.41, 5.74) is 4.41. The molecule has 0 unspecified atom stereocenters. The molecule has 0 amide bonds. The average Bonchev–Trinajstić information content (AvgIpc) is 2.46. The van der Waals surface area contributed by atoms with Crippen LogP contribution in [0.2, 0.25) is 0 Å². The fraction of sp³-hybridized carbons (Fsp3) is 1.00. The van der Waals surface area contributed by atoms with Gasteiger partial charge in [-0.05, 0) is 19.4 Å². The van der Waals surface area contributed by atoms with Crippen molar-refractivity contribution in [1.29, 1.82) is 0 Å². The first-order valence-corrected chi connectivity index (χ1v) is 8.41. The maximum Gasteiger partial charge on any atom is 0.399 e. The molecule has 0 aromatic heterocycles. The average molecular weight is 345 g/mol. The molecule has 0 aromatic carbocycles.